The van der Waals surface area contributed by atoms with Crippen LogP contribution < -0.4 is 4.74 Å². The lowest BCUT2D eigenvalue weighted by Crippen LogP contribution is -2.31. The molecule has 0 spiro atoms. The van der Waals surface area contributed by atoms with Crippen LogP contribution in [0.4, 0.5) is 4.39 Å². The Morgan fingerprint density at radius 1 is 1.08 bits per heavy atom. The Morgan fingerprint density at radius 2 is 1.89 bits per heavy atom. The molecule has 0 aliphatic heterocycles. The van der Waals surface area contributed by atoms with Gasteiger partial charge in [-0.2, -0.15) is 5.26 Å². The monoisotopic (exact) mass is 493 g/mol. The van der Waals surface area contributed by atoms with E-state index in [1.807, 2.05) is 32.0 Å². The van der Waals surface area contributed by atoms with E-state index in [1.165, 1.54) is 19.2 Å². The Kier molecular flexibility index (Phi) is 5.94. The molecule has 1 N–H and O–H groups in total. The van der Waals surface area contributed by atoms with Crippen molar-refractivity contribution in [2.24, 2.45) is 7.05 Å². The van der Waals surface area contributed by atoms with Gasteiger partial charge in [0.2, 0.25) is 5.88 Å². The lowest BCUT2D eigenvalue weighted by molar-refractivity contribution is 0.117. The van der Waals surface area contributed by atoms with Gasteiger partial charge in [0.1, 0.15) is 11.9 Å². The molecular weight excluding hydrogens is 469 g/mol. The molecule has 3 heterocycles. The molecule has 0 saturated carbocycles. The molecule has 1 atom stereocenters. The van der Waals surface area contributed by atoms with Crippen molar-refractivity contribution in [1.29, 1.82) is 5.26 Å². The number of halogens is 1. The number of nitrogens with zero attached hydrogens (tertiary/aromatic N) is 5. The van der Waals surface area contributed by atoms with E-state index in [2.05, 4.69) is 21.0 Å². The second-order valence-corrected chi connectivity index (χ2v) is 8.97. The second kappa shape index (κ2) is 9.12. The van der Waals surface area contributed by atoms with Crippen LogP contribution in [0, 0.1) is 31.0 Å². The van der Waals surface area contributed by atoms with E-state index in [4.69, 9.17) is 4.74 Å². The first-order chi connectivity index (χ1) is 17.8. The summed E-state index contributed by atoms with van der Waals surface area (Å²) in [6.07, 6.45) is 4.86. The molecule has 2 aromatic carbocycles. The summed E-state index contributed by atoms with van der Waals surface area (Å²) in [5.74, 6) is -0.221. The molecule has 8 heteroatoms. The number of imidazole rings is 1. The molecule has 7 nitrogen and oxygen atoms in total. The maximum absolute atomic E-state index is 14.1. The van der Waals surface area contributed by atoms with E-state index in [0.717, 1.165) is 11.3 Å². The number of aliphatic hydroxyl groups is 1. The summed E-state index contributed by atoms with van der Waals surface area (Å²) < 4.78 is 21.4. The van der Waals surface area contributed by atoms with E-state index in [-0.39, 0.29) is 11.4 Å². The van der Waals surface area contributed by atoms with Gasteiger partial charge in [-0.05, 0) is 54.8 Å². The van der Waals surface area contributed by atoms with Gasteiger partial charge in [0, 0.05) is 29.9 Å². The number of pyridine rings is 2. The van der Waals surface area contributed by atoms with E-state index in [1.54, 1.807) is 48.5 Å². The molecule has 184 valence electrons. The van der Waals surface area contributed by atoms with E-state index < -0.39 is 11.4 Å². The molecule has 1 unspecified atom stereocenters. The maximum Gasteiger partial charge on any atom is 0.223 e. The number of methoxy groups -OCH3 is 1. The van der Waals surface area contributed by atoms with Crippen molar-refractivity contribution in [1.82, 2.24) is 19.5 Å². The normalized spacial score (nSPS) is 12.8. The SMILES string of the molecule is COc1nc2c(C)cc(C(O)(c3ccc(C)nc3)c3cncn3C)cc2c(C#N)c1-c1cccc(F)c1. The van der Waals surface area contributed by atoms with Gasteiger partial charge in [0.15, 0.2) is 5.60 Å². The Labute approximate surface area is 213 Å². The molecule has 0 aliphatic rings. The molecule has 3 aromatic heterocycles. The van der Waals surface area contributed by atoms with Crippen LogP contribution in [-0.2, 0) is 12.6 Å². The fraction of sp³-hybridized carbons (Fsp3) is 0.172. The summed E-state index contributed by atoms with van der Waals surface area (Å²) in [5.41, 5.74) is 3.18. The molecule has 5 aromatic rings. The molecule has 5 rings (SSSR count). The number of rotatable bonds is 5. The Hall–Kier alpha value is -4.61. The van der Waals surface area contributed by atoms with Crippen LogP contribution in [0.2, 0.25) is 0 Å². The molecule has 0 bridgehead atoms. The smallest absolute Gasteiger partial charge is 0.223 e. The van der Waals surface area contributed by atoms with Crippen molar-refractivity contribution >= 4 is 10.9 Å². The molecule has 0 fully saturated rings. The second-order valence-electron chi connectivity index (χ2n) is 8.97. The largest absolute Gasteiger partial charge is 0.480 e. The third-order valence-corrected chi connectivity index (χ3v) is 6.60. The van der Waals surface area contributed by atoms with Crippen LogP contribution in [0.3, 0.4) is 0 Å². The quantitative estimate of drug-likeness (QED) is 0.372. The van der Waals surface area contributed by atoms with Gasteiger partial charge in [-0.1, -0.05) is 24.3 Å². The number of benzene rings is 2. The standard InChI is InChI=1S/C29H24FN5O2/c1-17-10-21(29(36,25-15-32-16-35(25)3)20-9-8-18(2)33-14-20)12-23-24(13-31)26(28(37-4)34-27(17)23)19-6-5-7-22(30)11-19/h5-12,14-16,36H,1-4H3. The number of fused-ring (bicyclic) bond motifs is 1. The zero-order valence-corrected chi connectivity index (χ0v) is 20.8. The average molecular weight is 494 g/mol. The summed E-state index contributed by atoms with van der Waals surface area (Å²) in [7, 11) is 3.27. The van der Waals surface area contributed by atoms with Crippen LogP contribution in [0.15, 0.2) is 67.3 Å². The summed E-state index contributed by atoms with van der Waals surface area (Å²) in [6.45, 7) is 3.73. The van der Waals surface area contributed by atoms with Crippen LogP contribution in [0.5, 0.6) is 5.88 Å². The minimum absolute atomic E-state index is 0.218. The third-order valence-electron chi connectivity index (χ3n) is 6.60. The van der Waals surface area contributed by atoms with Gasteiger partial charge in [-0.15, -0.1) is 0 Å². The molecule has 0 aliphatic carbocycles. The van der Waals surface area contributed by atoms with Crippen LogP contribution in [0.1, 0.15) is 33.6 Å². The van der Waals surface area contributed by atoms with Gasteiger partial charge in [-0.3, -0.25) is 4.98 Å². The van der Waals surface area contributed by atoms with E-state index >= 15 is 0 Å². The van der Waals surface area contributed by atoms with Gasteiger partial charge in [0.05, 0.1) is 42.0 Å². The molecule has 0 saturated heterocycles. The Bertz CT molecular complexity index is 1690. The number of hydrogen-bond acceptors (Lipinski definition) is 6. The zero-order valence-electron chi connectivity index (χ0n) is 20.8. The number of hydrogen-bond donors (Lipinski definition) is 1. The summed E-state index contributed by atoms with van der Waals surface area (Å²) in [4.78, 5) is 13.3. The summed E-state index contributed by atoms with van der Waals surface area (Å²) >= 11 is 0. The van der Waals surface area contributed by atoms with Gasteiger partial charge >= 0.3 is 0 Å². The predicted octanol–water partition coefficient (Wildman–Crippen LogP) is 4.95. The average Bonchev–Trinajstić information content (AvgIpc) is 3.33. The van der Waals surface area contributed by atoms with E-state index in [0.29, 0.717) is 38.9 Å². The Balaban J connectivity index is 1.87. The fourth-order valence-electron chi connectivity index (χ4n) is 4.75. The maximum atomic E-state index is 14.1. The fourth-order valence-corrected chi connectivity index (χ4v) is 4.75. The molecular formula is C29H24FN5O2. The molecule has 0 amide bonds. The van der Waals surface area contributed by atoms with Crippen molar-refractivity contribution in [2.75, 3.05) is 7.11 Å². The van der Waals surface area contributed by atoms with Crippen molar-refractivity contribution in [2.45, 2.75) is 19.4 Å². The highest BCUT2D eigenvalue weighted by Gasteiger charge is 2.38. The molecule has 37 heavy (non-hydrogen) atoms. The number of nitriles is 1. The minimum atomic E-state index is -1.63. The number of aryl methyl sites for hydroxylation is 3. The van der Waals surface area contributed by atoms with E-state index in [9.17, 15) is 14.8 Å². The molecule has 0 radical (unpaired) electrons. The van der Waals surface area contributed by atoms with Gasteiger partial charge in [0.25, 0.3) is 0 Å². The van der Waals surface area contributed by atoms with Crippen LogP contribution in [-0.4, -0.2) is 31.7 Å². The van der Waals surface area contributed by atoms with Crippen LogP contribution >= 0.6 is 0 Å². The van der Waals surface area contributed by atoms with Gasteiger partial charge in [-0.25, -0.2) is 14.4 Å². The van der Waals surface area contributed by atoms with Crippen LogP contribution in [0.25, 0.3) is 22.0 Å². The van der Waals surface area contributed by atoms with Gasteiger partial charge < -0.3 is 14.4 Å². The third kappa shape index (κ3) is 3.90. The van der Waals surface area contributed by atoms with Crippen molar-refractivity contribution in [3.05, 3.63) is 107 Å². The Morgan fingerprint density at radius 3 is 2.51 bits per heavy atom. The minimum Gasteiger partial charge on any atom is -0.480 e. The highest BCUT2D eigenvalue weighted by atomic mass is 19.1. The van der Waals surface area contributed by atoms with Crippen molar-refractivity contribution in [3.63, 3.8) is 0 Å². The highest BCUT2D eigenvalue weighted by molar-refractivity contribution is 5.96. The first-order valence-corrected chi connectivity index (χ1v) is 11.6. The van der Waals surface area contributed by atoms with Crippen molar-refractivity contribution in [3.8, 4) is 23.1 Å². The number of ether oxygens (including phenoxy) is 1. The lowest BCUT2D eigenvalue weighted by Gasteiger charge is -2.30. The summed E-state index contributed by atoms with van der Waals surface area (Å²) in [6, 6.07) is 15.5. The summed E-state index contributed by atoms with van der Waals surface area (Å²) in [5, 5.41) is 23.2. The predicted molar refractivity (Wildman–Crippen MR) is 137 cm³/mol. The first-order valence-electron chi connectivity index (χ1n) is 11.6. The topological polar surface area (TPSA) is 96.8 Å². The number of aromatic nitrogens is 4. The lowest BCUT2D eigenvalue weighted by atomic mass is 9.82. The first kappa shape index (κ1) is 24.1. The van der Waals surface area contributed by atoms with Crippen molar-refractivity contribution < 1.29 is 14.2 Å². The zero-order chi connectivity index (χ0) is 26.3. The highest BCUT2D eigenvalue weighted by Crippen LogP contribution is 2.42.